The Balaban J connectivity index is 1.49. The Morgan fingerprint density at radius 3 is 1.95 bits per heavy atom. The topological polar surface area (TPSA) is 9.23 Å². The first-order valence-corrected chi connectivity index (χ1v) is 13.2. The van der Waals surface area contributed by atoms with Crippen LogP contribution < -0.4 is 4.74 Å². The predicted octanol–water partition coefficient (Wildman–Crippen LogP) is 10.00. The van der Waals surface area contributed by atoms with Crippen LogP contribution in [0, 0.1) is 29.2 Å². The lowest BCUT2D eigenvalue weighted by atomic mass is 9.77. The smallest absolute Gasteiger partial charge is 0.201 e. The summed E-state index contributed by atoms with van der Waals surface area (Å²) in [4.78, 5) is 0. The standard InChI is InChI=1S/C32H34F4O/c1-3-5-6-7-21-8-10-22(11-9-21)25-16-17-26(30(34)29(25)33)23-12-14-24(15-13-23)27-18-19-28(37-20-4-2)32(36)31(27)35/h3,5,12-19,21-22H,4,6-11,20H2,1-2H3. The molecule has 1 fully saturated rings. The lowest BCUT2D eigenvalue weighted by Crippen LogP contribution is -2.15. The average Bonchev–Trinajstić information content (AvgIpc) is 2.92. The number of ether oxygens (including phenoxy) is 1. The van der Waals surface area contributed by atoms with Gasteiger partial charge in [0.15, 0.2) is 23.2 Å². The lowest BCUT2D eigenvalue weighted by Gasteiger charge is -2.29. The number of hydrogen-bond acceptors (Lipinski definition) is 1. The molecular weight excluding hydrogens is 476 g/mol. The van der Waals surface area contributed by atoms with Crippen LogP contribution in [-0.2, 0) is 0 Å². The lowest BCUT2D eigenvalue weighted by molar-refractivity contribution is 0.295. The molecule has 196 valence electrons. The van der Waals surface area contributed by atoms with Crippen molar-refractivity contribution in [3.8, 4) is 28.0 Å². The van der Waals surface area contributed by atoms with E-state index in [0.29, 0.717) is 35.6 Å². The van der Waals surface area contributed by atoms with Gasteiger partial charge in [-0.15, -0.1) is 0 Å². The summed E-state index contributed by atoms with van der Waals surface area (Å²) in [7, 11) is 0. The molecule has 0 spiro atoms. The zero-order chi connectivity index (χ0) is 26.4. The van der Waals surface area contributed by atoms with Gasteiger partial charge in [-0.2, -0.15) is 4.39 Å². The van der Waals surface area contributed by atoms with E-state index in [1.807, 2.05) is 13.8 Å². The molecule has 1 nitrogen and oxygen atoms in total. The molecule has 0 amide bonds. The summed E-state index contributed by atoms with van der Waals surface area (Å²) in [5.41, 5.74) is 1.60. The van der Waals surface area contributed by atoms with Crippen molar-refractivity contribution in [2.45, 2.75) is 64.7 Å². The minimum Gasteiger partial charge on any atom is -0.490 e. The highest BCUT2D eigenvalue weighted by Crippen LogP contribution is 2.40. The fourth-order valence-corrected chi connectivity index (χ4v) is 5.27. The molecule has 1 saturated carbocycles. The quantitative estimate of drug-likeness (QED) is 0.206. The average molecular weight is 511 g/mol. The summed E-state index contributed by atoms with van der Waals surface area (Å²) in [6, 6.07) is 12.6. The summed E-state index contributed by atoms with van der Waals surface area (Å²) in [6.07, 6.45) is 11.0. The van der Waals surface area contributed by atoms with Crippen LogP contribution in [0.25, 0.3) is 22.3 Å². The van der Waals surface area contributed by atoms with Crippen molar-refractivity contribution in [1.29, 1.82) is 0 Å². The van der Waals surface area contributed by atoms with Crippen molar-refractivity contribution < 1.29 is 22.3 Å². The summed E-state index contributed by atoms with van der Waals surface area (Å²) in [5, 5.41) is 0. The third-order valence-corrected chi connectivity index (χ3v) is 7.39. The molecule has 0 bridgehead atoms. The molecule has 0 aliphatic heterocycles. The zero-order valence-electron chi connectivity index (χ0n) is 21.5. The maximum absolute atomic E-state index is 15.2. The molecule has 0 heterocycles. The van der Waals surface area contributed by atoms with E-state index in [2.05, 4.69) is 12.2 Å². The highest BCUT2D eigenvalue weighted by Gasteiger charge is 2.26. The fourth-order valence-electron chi connectivity index (χ4n) is 5.27. The Morgan fingerprint density at radius 2 is 1.35 bits per heavy atom. The van der Waals surface area contributed by atoms with Crippen LogP contribution in [0.1, 0.15) is 70.3 Å². The molecule has 0 atom stereocenters. The highest BCUT2D eigenvalue weighted by atomic mass is 19.2. The van der Waals surface area contributed by atoms with E-state index in [9.17, 15) is 8.78 Å². The van der Waals surface area contributed by atoms with E-state index in [4.69, 9.17) is 4.74 Å². The Labute approximate surface area is 217 Å². The van der Waals surface area contributed by atoms with Gasteiger partial charge in [0.05, 0.1) is 6.61 Å². The van der Waals surface area contributed by atoms with Crippen molar-refractivity contribution in [2.24, 2.45) is 5.92 Å². The van der Waals surface area contributed by atoms with Crippen LogP contribution in [0.15, 0.2) is 60.7 Å². The second kappa shape index (κ2) is 12.4. The van der Waals surface area contributed by atoms with E-state index < -0.39 is 23.3 Å². The van der Waals surface area contributed by atoms with Gasteiger partial charge in [-0.3, -0.25) is 0 Å². The van der Waals surface area contributed by atoms with Crippen LogP contribution in [0.5, 0.6) is 5.75 Å². The highest BCUT2D eigenvalue weighted by molar-refractivity contribution is 5.72. The van der Waals surface area contributed by atoms with Crippen LogP contribution in [0.4, 0.5) is 17.6 Å². The maximum Gasteiger partial charge on any atom is 0.201 e. The third kappa shape index (κ3) is 6.08. The van der Waals surface area contributed by atoms with Crippen LogP contribution >= 0.6 is 0 Å². The Hall–Kier alpha value is -3.08. The first kappa shape index (κ1) is 27.0. The van der Waals surface area contributed by atoms with E-state index >= 15 is 8.78 Å². The van der Waals surface area contributed by atoms with Gasteiger partial charge >= 0.3 is 0 Å². The molecule has 5 heteroatoms. The van der Waals surface area contributed by atoms with E-state index in [1.54, 1.807) is 36.4 Å². The van der Waals surface area contributed by atoms with Gasteiger partial charge in [0.1, 0.15) is 0 Å². The van der Waals surface area contributed by atoms with Gasteiger partial charge in [-0.1, -0.05) is 55.5 Å². The fraction of sp³-hybridized carbons (Fsp3) is 0.375. The van der Waals surface area contributed by atoms with Gasteiger partial charge in [-0.25, -0.2) is 13.2 Å². The normalized spacial score (nSPS) is 17.9. The molecule has 0 N–H and O–H groups in total. The molecule has 37 heavy (non-hydrogen) atoms. The van der Waals surface area contributed by atoms with E-state index in [0.717, 1.165) is 38.5 Å². The molecule has 3 aromatic rings. The van der Waals surface area contributed by atoms with E-state index in [1.165, 1.54) is 12.1 Å². The molecule has 3 aromatic carbocycles. The largest absolute Gasteiger partial charge is 0.490 e. The monoisotopic (exact) mass is 510 g/mol. The number of benzene rings is 3. The summed E-state index contributed by atoms with van der Waals surface area (Å²) >= 11 is 0. The molecule has 4 rings (SSSR count). The number of rotatable bonds is 9. The Kier molecular flexibility index (Phi) is 9.07. The van der Waals surface area contributed by atoms with Gasteiger partial charge in [-0.05, 0) is 92.5 Å². The van der Waals surface area contributed by atoms with Crippen LogP contribution in [0.3, 0.4) is 0 Å². The van der Waals surface area contributed by atoms with Crippen molar-refractivity contribution in [2.75, 3.05) is 6.61 Å². The molecule has 1 aliphatic carbocycles. The first-order valence-electron chi connectivity index (χ1n) is 13.2. The summed E-state index contributed by atoms with van der Waals surface area (Å²) in [6.45, 7) is 4.20. The number of hydrogen-bond donors (Lipinski definition) is 0. The molecule has 0 aromatic heterocycles. The molecule has 1 aliphatic rings. The molecule has 0 unspecified atom stereocenters. The molecular formula is C32H34F4O. The van der Waals surface area contributed by atoms with Crippen molar-refractivity contribution >= 4 is 0 Å². The minimum absolute atomic E-state index is 0.0334. The van der Waals surface area contributed by atoms with Gasteiger partial charge < -0.3 is 4.74 Å². The van der Waals surface area contributed by atoms with Crippen molar-refractivity contribution in [3.63, 3.8) is 0 Å². The van der Waals surface area contributed by atoms with Crippen LogP contribution in [-0.4, -0.2) is 6.61 Å². The predicted molar refractivity (Wildman–Crippen MR) is 142 cm³/mol. The number of halogens is 4. The van der Waals surface area contributed by atoms with Gasteiger partial charge in [0, 0.05) is 11.1 Å². The molecule has 0 radical (unpaired) electrons. The summed E-state index contributed by atoms with van der Waals surface area (Å²) in [5.74, 6) is -3.13. The second-order valence-electron chi connectivity index (χ2n) is 9.86. The van der Waals surface area contributed by atoms with Crippen LogP contribution in [0.2, 0.25) is 0 Å². The Morgan fingerprint density at radius 1 is 0.757 bits per heavy atom. The van der Waals surface area contributed by atoms with Crippen molar-refractivity contribution in [1.82, 2.24) is 0 Å². The van der Waals surface area contributed by atoms with Gasteiger partial charge in [0.2, 0.25) is 5.82 Å². The summed E-state index contributed by atoms with van der Waals surface area (Å²) < 4.78 is 64.6. The SMILES string of the molecule is CC=CCCC1CCC(c2ccc(-c3ccc(-c4ccc(OCCC)c(F)c4F)cc3)c(F)c2F)CC1. The van der Waals surface area contributed by atoms with E-state index in [-0.39, 0.29) is 22.8 Å². The Bertz CT molecular complexity index is 1220. The van der Waals surface area contributed by atoms with Crippen molar-refractivity contribution in [3.05, 3.63) is 89.5 Å². The third-order valence-electron chi connectivity index (χ3n) is 7.39. The zero-order valence-corrected chi connectivity index (χ0v) is 21.5. The minimum atomic E-state index is -1.04. The second-order valence-corrected chi connectivity index (χ2v) is 9.86. The molecule has 0 saturated heterocycles. The maximum atomic E-state index is 15.2. The van der Waals surface area contributed by atoms with Gasteiger partial charge in [0.25, 0.3) is 0 Å². The first-order chi connectivity index (χ1) is 17.9. The number of allylic oxidation sites excluding steroid dienone is 2.